The van der Waals surface area contributed by atoms with E-state index in [1.165, 1.54) is 0 Å². The number of fused-ring (bicyclic) bond motifs is 1. The van der Waals surface area contributed by atoms with Gasteiger partial charge in [-0.3, -0.25) is 4.90 Å². The molecular formula is C18H21N5O3. The number of nitrogens with one attached hydrogen (secondary N) is 1. The molecule has 1 aliphatic heterocycles. The van der Waals surface area contributed by atoms with E-state index in [2.05, 4.69) is 9.97 Å². The second kappa shape index (κ2) is 7.89. The molecule has 0 unspecified atom stereocenters. The standard InChI is InChI=1S/C18H21N5O3/c1-2-26-18(25)23-9-7-22(8-10-23)12-16(24)13(11-19)17-20-14-5-3-4-6-15(14)21-17/h3-6,24H,2,7-10,12H2,1H3,(H,20,21)/b16-13-. The van der Waals surface area contributed by atoms with Crippen molar-refractivity contribution in [1.29, 1.82) is 5.26 Å². The predicted octanol–water partition coefficient (Wildman–Crippen LogP) is 2.13. The number of aromatic nitrogens is 2. The van der Waals surface area contributed by atoms with Crippen LogP contribution in [0.4, 0.5) is 4.79 Å². The third kappa shape index (κ3) is 3.78. The molecule has 136 valence electrons. The van der Waals surface area contributed by atoms with Crippen molar-refractivity contribution in [2.24, 2.45) is 0 Å². The highest BCUT2D eigenvalue weighted by Crippen LogP contribution is 2.19. The van der Waals surface area contributed by atoms with Crippen molar-refractivity contribution in [2.75, 3.05) is 39.3 Å². The smallest absolute Gasteiger partial charge is 0.409 e. The Labute approximate surface area is 151 Å². The first-order valence-electron chi connectivity index (χ1n) is 8.53. The van der Waals surface area contributed by atoms with E-state index in [1.807, 2.05) is 35.2 Å². The Morgan fingerprint density at radius 2 is 2.08 bits per heavy atom. The maximum Gasteiger partial charge on any atom is 0.409 e. The lowest BCUT2D eigenvalue weighted by molar-refractivity contribution is 0.0796. The van der Waals surface area contributed by atoms with Crippen LogP contribution in [0.15, 0.2) is 30.0 Å². The van der Waals surface area contributed by atoms with E-state index in [0.29, 0.717) is 38.6 Å². The van der Waals surface area contributed by atoms with Gasteiger partial charge in [0.05, 0.1) is 24.2 Å². The largest absolute Gasteiger partial charge is 0.509 e. The van der Waals surface area contributed by atoms with Gasteiger partial charge < -0.3 is 19.7 Å². The molecule has 2 N–H and O–H groups in total. The fraction of sp³-hybridized carbons (Fsp3) is 0.389. The Balaban J connectivity index is 1.68. The van der Waals surface area contributed by atoms with E-state index in [9.17, 15) is 15.2 Å². The van der Waals surface area contributed by atoms with Gasteiger partial charge in [-0.2, -0.15) is 5.26 Å². The van der Waals surface area contributed by atoms with Crippen molar-refractivity contribution in [3.05, 3.63) is 35.8 Å². The minimum Gasteiger partial charge on any atom is -0.509 e. The number of para-hydroxylation sites is 2. The summed E-state index contributed by atoms with van der Waals surface area (Å²) in [6, 6.07) is 9.49. The predicted molar refractivity (Wildman–Crippen MR) is 96.3 cm³/mol. The number of hydrogen-bond donors (Lipinski definition) is 2. The SMILES string of the molecule is CCOC(=O)N1CCN(C/C(O)=C(\C#N)c2nc3ccccc3[nH]2)CC1. The Hall–Kier alpha value is -3.05. The number of nitriles is 1. The first-order chi connectivity index (χ1) is 12.6. The van der Waals surface area contributed by atoms with E-state index in [0.717, 1.165) is 11.0 Å². The zero-order valence-corrected chi connectivity index (χ0v) is 14.6. The molecule has 0 aliphatic carbocycles. The van der Waals surface area contributed by atoms with Crippen LogP contribution in [-0.4, -0.2) is 70.3 Å². The number of aliphatic hydroxyl groups is 1. The molecule has 1 saturated heterocycles. The quantitative estimate of drug-likeness (QED) is 0.643. The fourth-order valence-corrected chi connectivity index (χ4v) is 2.92. The van der Waals surface area contributed by atoms with Crippen molar-refractivity contribution in [3.63, 3.8) is 0 Å². The summed E-state index contributed by atoms with van der Waals surface area (Å²) in [5, 5.41) is 19.9. The van der Waals surface area contributed by atoms with Gasteiger partial charge in [-0.15, -0.1) is 0 Å². The highest BCUT2D eigenvalue weighted by Gasteiger charge is 2.23. The maximum atomic E-state index is 11.7. The normalized spacial score (nSPS) is 16.2. The molecule has 0 atom stereocenters. The number of rotatable bonds is 4. The lowest BCUT2D eigenvalue weighted by Gasteiger charge is -2.33. The summed E-state index contributed by atoms with van der Waals surface area (Å²) in [5.74, 6) is 0.326. The van der Waals surface area contributed by atoms with Gasteiger partial charge in [-0.25, -0.2) is 9.78 Å². The van der Waals surface area contributed by atoms with E-state index in [4.69, 9.17) is 4.74 Å². The average Bonchev–Trinajstić information content (AvgIpc) is 3.06. The molecule has 1 aromatic heterocycles. The molecule has 8 nitrogen and oxygen atoms in total. The highest BCUT2D eigenvalue weighted by atomic mass is 16.6. The first-order valence-corrected chi connectivity index (χ1v) is 8.53. The van der Waals surface area contributed by atoms with Crippen LogP contribution in [0, 0.1) is 11.3 Å². The van der Waals surface area contributed by atoms with Gasteiger partial charge >= 0.3 is 6.09 Å². The minimum absolute atomic E-state index is 0.0314. The molecule has 0 bridgehead atoms. The van der Waals surface area contributed by atoms with Crippen molar-refractivity contribution in [3.8, 4) is 6.07 Å². The van der Waals surface area contributed by atoms with Crippen LogP contribution >= 0.6 is 0 Å². The van der Waals surface area contributed by atoms with Gasteiger partial charge in [0, 0.05) is 26.2 Å². The molecule has 0 saturated carbocycles. The summed E-state index contributed by atoms with van der Waals surface area (Å²) in [5.41, 5.74) is 1.69. The number of aromatic amines is 1. The van der Waals surface area contributed by atoms with Crippen molar-refractivity contribution in [2.45, 2.75) is 6.92 Å². The summed E-state index contributed by atoms with van der Waals surface area (Å²) in [6.45, 7) is 4.61. The van der Waals surface area contributed by atoms with Crippen LogP contribution in [0.2, 0.25) is 0 Å². The third-order valence-electron chi connectivity index (χ3n) is 4.30. The molecule has 2 aromatic rings. The van der Waals surface area contributed by atoms with E-state index in [-0.39, 0.29) is 24.0 Å². The Morgan fingerprint density at radius 1 is 1.35 bits per heavy atom. The number of imidazole rings is 1. The zero-order chi connectivity index (χ0) is 18.5. The molecule has 0 radical (unpaired) electrons. The molecule has 1 aromatic carbocycles. The number of allylic oxidation sites excluding steroid dienone is 1. The van der Waals surface area contributed by atoms with Gasteiger partial charge in [0.25, 0.3) is 0 Å². The zero-order valence-electron chi connectivity index (χ0n) is 14.6. The van der Waals surface area contributed by atoms with Gasteiger partial charge in [-0.05, 0) is 19.1 Å². The summed E-state index contributed by atoms with van der Waals surface area (Å²) < 4.78 is 4.99. The van der Waals surface area contributed by atoms with Crippen molar-refractivity contribution < 1.29 is 14.6 Å². The molecule has 26 heavy (non-hydrogen) atoms. The molecule has 3 rings (SSSR count). The number of H-pyrrole nitrogens is 1. The van der Waals surface area contributed by atoms with Crippen LogP contribution < -0.4 is 0 Å². The molecular weight excluding hydrogens is 334 g/mol. The van der Waals surface area contributed by atoms with Crippen molar-refractivity contribution >= 4 is 22.7 Å². The van der Waals surface area contributed by atoms with E-state index in [1.54, 1.807) is 11.8 Å². The maximum absolute atomic E-state index is 11.7. The molecule has 0 spiro atoms. The van der Waals surface area contributed by atoms with Gasteiger partial charge in [-0.1, -0.05) is 12.1 Å². The number of benzene rings is 1. The van der Waals surface area contributed by atoms with Crippen LogP contribution in [0.25, 0.3) is 16.6 Å². The van der Waals surface area contributed by atoms with Crippen LogP contribution in [0.3, 0.4) is 0 Å². The minimum atomic E-state index is -0.313. The fourth-order valence-electron chi connectivity index (χ4n) is 2.92. The molecule has 1 aliphatic rings. The number of aliphatic hydroxyl groups excluding tert-OH is 1. The number of carbonyl (C=O) groups excluding carboxylic acids is 1. The second-order valence-electron chi connectivity index (χ2n) is 6.00. The van der Waals surface area contributed by atoms with Gasteiger partial charge in [0.1, 0.15) is 17.4 Å². The number of piperazine rings is 1. The van der Waals surface area contributed by atoms with Crippen LogP contribution in [0.1, 0.15) is 12.7 Å². The van der Waals surface area contributed by atoms with Crippen LogP contribution in [-0.2, 0) is 4.74 Å². The number of hydrogen-bond acceptors (Lipinski definition) is 6. The summed E-state index contributed by atoms with van der Waals surface area (Å²) in [7, 11) is 0. The van der Waals surface area contributed by atoms with E-state index >= 15 is 0 Å². The van der Waals surface area contributed by atoms with Crippen molar-refractivity contribution in [1.82, 2.24) is 19.8 Å². The lowest BCUT2D eigenvalue weighted by atomic mass is 10.2. The Bertz CT molecular complexity index is 826. The number of amides is 1. The molecule has 1 amide bonds. The highest BCUT2D eigenvalue weighted by molar-refractivity contribution is 5.82. The molecule has 1 fully saturated rings. The number of nitrogens with zero attached hydrogens (tertiary/aromatic N) is 4. The second-order valence-corrected chi connectivity index (χ2v) is 6.00. The van der Waals surface area contributed by atoms with E-state index < -0.39 is 0 Å². The summed E-state index contributed by atoms with van der Waals surface area (Å²) in [4.78, 5) is 22.8. The third-order valence-corrected chi connectivity index (χ3v) is 4.30. The monoisotopic (exact) mass is 355 g/mol. The summed E-state index contributed by atoms with van der Waals surface area (Å²) in [6.07, 6.45) is -0.313. The Morgan fingerprint density at radius 3 is 2.73 bits per heavy atom. The van der Waals surface area contributed by atoms with Crippen LogP contribution in [0.5, 0.6) is 0 Å². The van der Waals surface area contributed by atoms with Gasteiger partial charge in [0.2, 0.25) is 0 Å². The molecule has 8 heteroatoms. The number of ether oxygens (including phenoxy) is 1. The first kappa shape index (κ1) is 17.8. The lowest BCUT2D eigenvalue weighted by Crippen LogP contribution is -2.49. The summed E-state index contributed by atoms with van der Waals surface area (Å²) >= 11 is 0. The average molecular weight is 355 g/mol. The molecule has 2 heterocycles. The van der Waals surface area contributed by atoms with Gasteiger partial charge in [0.15, 0.2) is 5.82 Å². The Kier molecular flexibility index (Phi) is 5.39. The topological polar surface area (TPSA) is 105 Å². The number of carbonyl (C=O) groups is 1.